The van der Waals surface area contributed by atoms with Crippen LogP contribution >= 0.6 is 0 Å². The second-order valence-corrected chi connectivity index (χ2v) is 5.37. The Morgan fingerprint density at radius 3 is 2.57 bits per heavy atom. The van der Waals surface area contributed by atoms with E-state index in [9.17, 15) is 0 Å². The number of benzene rings is 1. The van der Waals surface area contributed by atoms with Gasteiger partial charge in [-0.15, -0.1) is 0 Å². The largest absolute Gasteiger partial charge is 0.0558 e. The van der Waals surface area contributed by atoms with Gasteiger partial charge in [0.05, 0.1) is 0 Å². The number of hydrogen-bond acceptors (Lipinski definition) is 0. The lowest BCUT2D eigenvalue weighted by atomic mass is 9.72. The normalized spacial score (nSPS) is 29.0. The van der Waals surface area contributed by atoms with Crippen molar-refractivity contribution in [3.63, 3.8) is 0 Å². The van der Waals surface area contributed by atoms with E-state index in [0.29, 0.717) is 5.41 Å². The summed E-state index contributed by atoms with van der Waals surface area (Å²) in [5.74, 6) is 0. The molecule has 1 unspecified atom stereocenters. The van der Waals surface area contributed by atoms with E-state index in [1.807, 2.05) is 0 Å². The van der Waals surface area contributed by atoms with E-state index in [2.05, 4.69) is 26.0 Å². The minimum atomic E-state index is 0.538. The van der Waals surface area contributed by atoms with Gasteiger partial charge in [-0.25, -0.2) is 0 Å². The van der Waals surface area contributed by atoms with Crippen molar-refractivity contribution in [3.8, 4) is 0 Å². The minimum absolute atomic E-state index is 0.538. The van der Waals surface area contributed by atoms with Crippen molar-refractivity contribution in [1.82, 2.24) is 0 Å². The van der Waals surface area contributed by atoms with Crippen molar-refractivity contribution in [2.75, 3.05) is 0 Å². The lowest BCUT2D eigenvalue weighted by Crippen LogP contribution is -2.24. The van der Waals surface area contributed by atoms with Gasteiger partial charge in [0.2, 0.25) is 0 Å². The molecule has 2 aliphatic carbocycles. The first-order valence-corrected chi connectivity index (χ1v) is 5.82. The fourth-order valence-corrected chi connectivity index (χ4v) is 3.57. The topological polar surface area (TPSA) is 0 Å². The van der Waals surface area contributed by atoms with Crippen LogP contribution < -0.4 is 0 Å². The van der Waals surface area contributed by atoms with Crippen LogP contribution in [0.1, 0.15) is 48.4 Å². The zero-order chi connectivity index (χ0) is 9.76. The minimum Gasteiger partial charge on any atom is -0.0558 e. The lowest BCUT2D eigenvalue weighted by Gasteiger charge is -2.32. The standard InChI is InChI=1S/C14H18/c1-10-8-11-4-3-6-14(2)7-5-12(9-10)13(11)14/h8-9H,3-7H2,1-2H3. The summed E-state index contributed by atoms with van der Waals surface area (Å²) in [6.45, 7) is 4.71. The Morgan fingerprint density at radius 2 is 1.79 bits per heavy atom. The van der Waals surface area contributed by atoms with Crippen LogP contribution in [0.4, 0.5) is 0 Å². The Labute approximate surface area is 86.3 Å². The fraction of sp³-hybridized carbons (Fsp3) is 0.571. The van der Waals surface area contributed by atoms with E-state index in [1.165, 1.54) is 37.7 Å². The number of aryl methyl sites for hydroxylation is 3. The van der Waals surface area contributed by atoms with Crippen LogP contribution in [0.15, 0.2) is 12.1 Å². The first-order chi connectivity index (χ1) is 6.69. The molecule has 0 radical (unpaired) electrons. The van der Waals surface area contributed by atoms with Crippen LogP contribution in [0.25, 0.3) is 0 Å². The third-order valence-electron chi connectivity index (χ3n) is 4.17. The van der Waals surface area contributed by atoms with Gasteiger partial charge in [0.25, 0.3) is 0 Å². The van der Waals surface area contributed by atoms with E-state index >= 15 is 0 Å². The molecule has 0 spiro atoms. The zero-order valence-corrected chi connectivity index (χ0v) is 9.19. The number of hydrogen-bond donors (Lipinski definition) is 0. The Bertz CT molecular complexity index is 389. The van der Waals surface area contributed by atoms with Gasteiger partial charge in [-0.05, 0) is 61.1 Å². The molecule has 0 heterocycles. The molecule has 74 valence electrons. The maximum atomic E-state index is 2.47. The van der Waals surface area contributed by atoms with Crippen molar-refractivity contribution in [1.29, 1.82) is 0 Å². The first kappa shape index (κ1) is 8.52. The molecule has 1 aromatic carbocycles. The SMILES string of the molecule is Cc1cc2c3c(c1)CCC3(C)CCC2. The van der Waals surface area contributed by atoms with Crippen molar-refractivity contribution < 1.29 is 0 Å². The predicted octanol–water partition coefficient (Wildman–Crippen LogP) is 3.54. The maximum Gasteiger partial charge on any atom is -0.00665 e. The molecule has 0 saturated carbocycles. The van der Waals surface area contributed by atoms with Crippen molar-refractivity contribution in [2.45, 2.75) is 51.4 Å². The Balaban J connectivity index is 2.28. The highest BCUT2D eigenvalue weighted by Gasteiger charge is 2.38. The highest BCUT2D eigenvalue weighted by Crippen LogP contribution is 2.47. The molecule has 0 saturated heterocycles. The second kappa shape index (κ2) is 2.62. The van der Waals surface area contributed by atoms with Crippen LogP contribution in [-0.2, 0) is 18.3 Å². The Morgan fingerprint density at radius 1 is 1.07 bits per heavy atom. The van der Waals surface area contributed by atoms with Gasteiger partial charge in [0, 0.05) is 0 Å². The van der Waals surface area contributed by atoms with Crippen LogP contribution in [0.5, 0.6) is 0 Å². The van der Waals surface area contributed by atoms with Gasteiger partial charge < -0.3 is 0 Å². The molecule has 0 N–H and O–H groups in total. The molecule has 0 fully saturated rings. The summed E-state index contributed by atoms with van der Waals surface area (Å²) in [6, 6.07) is 4.83. The Kier molecular flexibility index (Phi) is 1.60. The highest BCUT2D eigenvalue weighted by molar-refractivity contribution is 5.48. The molecule has 14 heavy (non-hydrogen) atoms. The van der Waals surface area contributed by atoms with Gasteiger partial charge in [0.15, 0.2) is 0 Å². The van der Waals surface area contributed by atoms with E-state index in [-0.39, 0.29) is 0 Å². The summed E-state index contributed by atoms with van der Waals surface area (Å²) in [7, 11) is 0. The molecule has 0 heteroatoms. The van der Waals surface area contributed by atoms with E-state index in [1.54, 1.807) is 16.7 Å². The average molecular weight is 186 g/mol. The third-order valence-corrected chi connectivity index (χ3v) is 4.17. The highest BCUT2D eigenvalue weighted by atomic mass is 14.4. The molecule has 0 bridgehead atoms. The fourth-order valence-electron chi connectivity index (χ4n) is 3.57. The predicted molar refractivity (Wildman–Crippen MR) is 59.8 cm³/mol. The van der Waals surface area contributed by atoms with Gasteiger partial charge >= 0.3 is 0 Å². The van der Waals surface area contributed by atoms with E-state index in [0.717, 1.165) is 0 Å². The van der Waals surface area contributed by atoms with Crippen LogP contribution in [0.3, 0.4) is 0 Å². The summed E-state index contributed by atoms with van der Waals surface area (Å²) >= 11 is 0. The van der Waals surface area contributed by atoms with Gasteiger partial charge in [-0.2, -0.15) is 0 Å². The van der Waals surface area contributed by atoms with Crippen molar-refractivity contribution in [3.05, 3.63) is 34.4 Å². The third kappa shape index (κ3) is 1.00. The Hall–Kier alpha value is -0.780. The van der Waals surface area contributed by atoms with Gasteiger partial charge in [-0.1, -0.05) is 24.6 Å². The molecule has 1 aromatic rings. The molecule has 2 aliphatic rings. The van der Waals surface area contributed by atoms with Crippen molar-refractivity contribution >= 4 is 0 Å². The summed E-state index contributed by atoms with van der Waals surface area (Å²) in [4.78, 5) is 0. The van der Waals surface area contributed by atoms with Crippen molar-refractivity contribution in [2.24, 2.45) is 0 Å². The van der Waals surface area contributed by atoms with Gasteiger partial charge in [0.1, 0.15) is 0 Å². The van der Waals surface area contributed by atoms with Crippen LogP contribution in [0.2, 0.25) is 0 Å². The molecule has 3 rings (SSSR count). The summed E-state index contributed by atoms with van der Waals surface area (Å²) in [6.07, 6.45) is 6.83. The first-order valence-electron chi connectivity index (χ1n) is 5.82. The molecule has 0 nitrogen and oxygen atoms in total. The molecule has 0 amide bonds. The lowest BCUT2D eigenvalue weighted by molar-refractivity contribution is 0.395. The summed E-state index contributed by atoms with van der Waals surface area (Å²) in [5.41, 5.74) is 7.05. The molecule has 0 aliphatic heterocycles. The second-order valence-electron chi connectivity index (χ2n) is 5.37. The molecule has 1 atom stereocenters. The average Bonchev–Trinajstić information content (AvgIpc) is 2.45. The molecular formula is C14H18. The maximum absolute atomic E-state index is 2.47. The smallest absolute Gasteiger partial charge is 0.00665 e. The summed E-state index contributed by atoms with van der Waals surface area (Å²) < 4.78 is 0. The van der Waals surface area contributed by atoms with Gasteiger partial charge in [-0.3, -0.25) is 0 Å². The zero-order valence-electron chi connectivity index (χ0n) is 9.19. The molecular weight excluding hydrogens is 168 g/mol. The van der Waals surface area contributed by atoms with E-state index < -0.39 is 0 Å². The van der Waals surface area contributed by atoms with Crippen LogP contribution in [0, 0.1) is 6.92 Å². The molecule has 0 aromatic heterocycles. The summed E-state index contributed by atoms with van der Waals surface area (Å²) in [5, 5.41) is 0. The number of rotatable bonds is 0. The van der Waals surface area contributed by atoms with E-state index in [4.69, 9.17) is 0 Å². The van der Waals surface area contributed by atoms with Crippen LogP contribution in [-0.4, -0.2) is 0 Å². The quantitative estimate of drug-likeness (QED) is 0.581. The monoisotopic (exact) mass is 186 g/mol.